The van der Waals surface area contributed by atoms with Gasteiger partial charge in [0.25, 0.3) is 9.05 Å². The number of rotatable bonds is 2. The lowest BCUT2D eigenvalue weighted by Gasteiger charge is -2.01. The van der Waals surface area contributed by atoms with Crippen molar-refractivity contribution in [3.05, 3.63) is 17.3 Å². The van der Waals surface area contributed by atoms with Crippen LogP contribution in [0.15, 0.2) is 11.1 Å². The molecule has 0 fully saturated rings. The smallest absolute Gasteiger partial charge is 0.352 e. The molecule has 0 amide bonds. The van der Waals surface area contributed by atoms with Gasteiger partial charge in [0.05, 0.1) is 0 Å². The molecule has 5 nitrogen and oxygen atoms in total. The van der Waals surface area contributed by atoms with Crippen molar-refractivity contribution < 1.29 is 18.3 Å². The standard InChI is InChI=1S/C7H8ClNO4S/c1-4-3-5(14(8,12)13)9(2)6(4)7(10)11/h3H,1-2H3,(H,10,11). The fourth-order valence-corrected chi connectivity index (χ4v) is 2.45. The molecule has 1 rings (SSSR count). The summed E-state index contributed by atoms with van der Waals surface area (Å²) in [5.41, 5.74) is 0.281. The summed E-state index contributed by atoms with van der Waals surface area (Å²) in [5, 5.41) is 8.55. The van der Waals surface area contributed by atoms with Crippen LogP contribution in [-0.4, -0.2) is 24.1 Å². The Bertz CT molecular complexity index is 488. The van der Waals surface area contributed by atoms with Gasteiger partial charge in [-0.05, 0) is 18.6 Å². The number of nitrogens with zero attached hydrogens (tertiary/aromatic N) is 1. The fraction of sp³-hybridized carbons (Fsp3) is 0.286. The maximum Gasteiger partial charge on any atom is 0.352 e. The largest absolute Gasteiger partial charge is 0.477 e. The van der Waals surface area contributed by atoms with Gasteiger partial charge in [-0.15, -0.1) is 0 Å². The molecule has 0 aliphatic rings. The lowest BCUT2D eigenvalue weighted by atomic mass is 10.3. The van der Waals surface area contributed by atoms with Crippen LogP contribution in [0.5, 0.6) is 0 Å². The number of carboxylic acids is 1. The Balaban J connectivity index is 3.55. The Labute approximate surface area is 85.3 Å². The van der Waals surface area contributed by atoms with Crippen molar-refractivity contribution in [2.75, 3.05) is 0 Å². The highest BCUT2D eigenvalue weighted by Crippen LogP contribution is 2.21. The van der Waals surface area contributed by atoms with Crippen LogP contribution in [-0.2, 0) is 16.1 Å². The third-order valence-corrected chi connectivity index (χ3v) is 3.20. The van der Waals surface area contributed by atoms with E-state index in [-0.39, 0.29) is 10.7 Å². The number of aryl methyl sites for hydroxylation is 1. The number of aromatic nitrogens is 1. The van der Waals surface area contributed by atoms with Gasteiger partial charge in [-0.2, -0.15) is 0 Å². The van der Waals surface area contributed by atoms with Gasteiger partial charge >= 0.3 is 5.97 Å². The highest BCUT2D eigenvalue weighted by Gasteiger charge is 2.22. The van der Waals surface area contributed by atoms with Crippen LogP contribution in [0.25, 0.3) is 0 Å². The third-order valence-electron chi connectivity index (χ3n) is 1.83. The van der Waals surface area contributed by atoms with Gasteiger partial charge in [0.1, 0.15) is 5.69 Å². The molecule has 0 aromatic carbocycles. The minimum absolute atomic E-state index is 0.0794. The molecular weight excluding hydrogens is 230 g/mol. The predicted molar refractivity (Wildman–Crippen MR) is 50.1 cm³/mol. The summed E-state index contributed by atoms with van der Waals surface area (Å²) in [5.74, 6) is -1.18. The van der Waals surface area contributed by atoms with Crippen molar-refractivity contribution in [1.82, 2.24) is 4.57 Å². The summed E-state index contributed by atoms with van der Waals surface area (Å²) in [4.78, 5) is 10.7. The molecule has 78 valence electrons. The predicted octanol–water partition coefficient (Wildman–Crippen LogP) is 0.959. The molecule has 0 atom stereocenters. The second-order valence-corrected chi connectivity index (χ2v) is 5.33. The van der Waals surface area contributed by atoms with E-state index in [4.69, 9.17) is 15.8 Å². The lowest BCUT2D eigenvalue weighted by molar-refractivity contribution is 0.0685. The first-order chi connectivity index (χ1) is 6.25. The number of hydrogen-bond donors (Lipinski definition) is 1. The molecule has 0 saturated carbocycles. The van der Waals surface area contributed by atoms with Crippen molar-refractivity contribution in [1.29, 1.82) is 0 Å². The molecule has 0 spiro atoms. The molecule has 1 aromatic rings. The zero-order chi connectivity index (χ0) is 11.1. The molecule has 0 bridgehead atoms. The molecular formula is C7H8ClNO4S. The highest BCUT2D eigenvalue weighted by atomic mass is 35.7. The van der Waals surface area contributed by atoms with E-state index >= 15 is 0 Å². The summed E-state index contributed by atoms with van der Waals surface area (Å²) in [7, 11) is 2.55. The van der Waals surface area contributed by atoms with Crippen LogP contribution in [0.4, 0.5) is 0 Å². The van der Waals surface area contributed by atoms with E-state index < -0.39 is 15.0 Å². The third kappa shape index (κ3) is 1.76. The van der Waals surface area contributed by atoms with Gasteiger partial charge in [-0.3, -0.25) is 0 Å². The maximum atomic E-state index is 11.0. The van der Waals surface area contributed by atoms with E-state index in [1.54, 1.807) is 0 Å². The molecule has 0 unspecified atom stereocenters. The molecule has 1 heterocycles. The average molecular weight is 238 g/mol. The molecule has 1 aromatic heterocycles. The average Bonchev–Trinajstić information content (AvgIpc) is 2.24. The van der Waals surface area contributed by atoms with Gasteiger partial charge in [0, 0.05) is 17.7 Å². The molecule has 1 N–H and O–H groups in total. The van der Waals surface area contributed by atoms with Gasteiger partial charge in [0.2, 0.25) is 0 Å². The summed E-state index contributed by atoms with van der Waals surface area (Å²) in [6.45, 7) is 1.51. The van der Waals surface area contributed by atoms with Crippen molar-refractivity contribution in [3.8, 4) is 0 Å². The fourth-order valence-electron chi connectivity index (χ4n) is 1.27. The Morgan fingerprint density at radius 3 is 2.29 bits per heavy atom. The molecule has 14 heavy (non-hydrogen) atoms. The van der Waals surface area contributed by atoms with Crippen molar-refractivity contribution in [2.24, 2.45) is 7.05 Å². The van der Waals surface area contributed by atoms with Crippen LogP contribution < -0.4 is 0 Å². The van der Waals surface area contributed by atoms with E-state index in [9.17, 15) is 13.2 Å². The highest BCUT2D eigenvalue weighted by molar-refractivity contribution is 8.13. The van der Waals surface area contributed by atoms with Crippen molar-refractivity contribution in [3.63, 3.8) is 0 Å². The van der Waals surface area contributed by atoms with Crippen molar-refractivity contribution >= 4 is 25.7 Å². The molecule has 0 aliphatic heterocycles. The van der Waals surface area contributed by atoms with Gasteiger partial charge in [0.15, 0.2) is 5.03 Å². The first-order valence-corrected chi connectivity index (χ1v) is 5.90. The van der Waals surface area contributed by atoms with E-state index in [1.165, 1.54) is 20.0 Å². The van der Waals surface area contributed by atoms with E-state index in [1.807, 2.05) is 0 Å². The van der Waals surface area contributed by atoms with Crippen LogP contribution in [0, 0.1) is 6.92 Å². The number of hydrogen-bond acceptors (Lipinski definition) is 3. The van der Waals surface area contributed by atoms with Crippen molar-refractivity contribution in [2.45, 2.75) is 11.9 Å². The molecule has 0 saturated heterocycles. The minimum Gasteiger partial charge on any atom is -0.477 e. The van der Waals surface area contributed by atoms with Gasteiger partial charge < -0.3 is 9.67 Å². The number of aromatic carboxylic acids is 1. The number of carbonyl (C=O) groups is 1. The van der Waals surface area contributed by atoms with E-state index in [0.717, 1.165) is 4.57 Å². The Morgan fingerprint density at radius 1 is 1.57 bits per heavy atom. The first kappa shape index (κ1) is 11.1. The second-order valence-electron chi connectivity index (χ2n) is 2.82. The van der Waals surface area contributed by atoms with Gasteiger partial charge in [-0.1, -0.05) is 0 Å². The van der Waals surface area contributed by atoms with E-state index in [0.29, 0.717) is 5.56 Å². The first-order valence-electron chi connectivity index (χ1n) is 3.59. The Kier molecular flexibility index (Phi) is 2.60. The Hall–Kier alpha value is -1.01. The maximum absolute atomic E-state index is 11.0. The van der Waals surface area contributed by atoms with Crippen LogP contribution in [0.2, 0.25) is 0 Å². The quantitative estimate of drug-likeness (QED) is 0.778. The SMILES string of the molecule is Cc1cc(S(=O)(=O)Cl)n(C)c1C(=O)O. The van der Waals surface area contributed by atoms with Gasteiger partial charge in [-0.25, -0.2) is 13.2 Å². The van der Waals surface area contributed by atoms with Crippen LogP contribution in [0.1, 0.15) is 16.1 Å². The second kappa shape index (κ2) is 3.29. The number of carboxylic acid groups (broad SMARTS) is 1. The topological polar surface area (TPSA) is 76.4 Å². The minimum atomic E-state index is -3.90. The normalized spacial score (nSPS) is 11.6. The summed E-state index contributed by atoms with van der Waals surface area (Å²) in [6, 6.07) is 1.23. The zero-order valence-corrected chi connectivity index (χ0v) is 9.06. The van der Waals surface area contributed by atoms with Crippen LogP contribution >= 0.6 is 10.7 Å². The monoisotopic (exact) mass is 237 g/mol. The lowest BCUT2D eigenvalue weighted by Crippen LogP contribution is -2.09. The number of halogens is 1. The summed E-state index contributed by atoms with van der Waals surface area (Å²) >= 11 is 0. The van der Waals surface area contributed by atoms with Crippen LogP contribution in [0.3, 0.4) is 0 Å². The summed E-state index contributed by atoms with van der Waals surface area (Å²) < 4.78 is 23.0. The zero-order valence-electron chi connectivity index (χ0n) is 7.48. The Morgan fingerprint density at radius 2 is 2.07 bits per heavy atom. The van der Waals surface area contributed by atoms with E-state index in [2.05, 4.69) is 0 Å². The molecule has 0 radical (unpaired) electrons. The molecule has 0 aliphatic carbocycles. The summed E-state index contributed by atoms with van der Waals surface area (Å²) in [6.07, 6.45) is 0. The molecule has 7 heteroatoms.